The van der Waals surface area contributed by atoms with Gasteiger partial charge in [-0.3, -0.25) is 20.2 Å². The number of hydrogen-bond donors (Lipinski definition) is 2. The maximum absolute atomic E-state index is 12.1. The summed E-state index contributed by atoms with van der Waals surface area (Å²) in [5.74, 6) is -0.595. The highest BCUT2D eigenvalue weighted by molar-refractivity contribution is 7.15. The van der Waals surface area contributed by atoms with Crippen LogP contribution in [-0.2, 0) is 0 Å². The Balaban J connectivity index is 2.36. The lowest BCUT2D eigenvalue weighted by molar-refractivity contribution is -0.384. The van der Waals surface area contributed by atoms with Crippen molar-refractivity contribution in [3.63, 3.8) is 0 Å². The summed E-state index contributed by atoms with van der Waals surface area (Å²) in [6.45, 7) is 1.84. The van der Waals surface area contributed by atoms with E-state index in [0.717, 1.165) is 17.0 Å². The van der Waals surface area contributed by atoms with Crippen LogP contribution in [0.4, 0.5) is 16.5 Å². The third-order valence-corrected chi connectivity index (χ3v) is 3.55. The molecule has 0 bridgehead atoms. The number of nitrogen functional groups attached to an aromatic ring is 1. The smallest absolute Gasteiger partial charge is 0.271 e. The van der Waals surface area contributed by atoms with Crippen LogP contribution in [0.25, 0.3) is 0 Å². The number of rotatable bonds is 3. The van der Waals surface area contributed by atoms with E-state index in [0.29, 0.717) is 5.13 Å². The maximum atomic E-state index is 12.1. The molecule has 3 N–H and O–H groups in total. The number of halogens is 1. The molecule has 0 atom stereocenters. The zero-order chi connectivity index (χ0) is 14.9. The molecular formula is C11H9ClN4O3S. The van der Waals surface area contributed by atoms with Gasteiger partial charge in [-0.1, -0.05) is 11.6 Å². The molecule has 7 nitrogen and oxygen atoms in total. The van der Waals surface area contributed by atoms with Gasteiger partial charge >= 0.3 is 0 Å². The van der Waals surface area contributed by atoms with Crippen molar-refractivity contribution in [2.45, 2.75) is 6.92 Å². The molecule has 1 heterocycles. The predicted octanol–water partition coefficient (Wildman–Crippen LogP) is 2.85. The van der Waals surface area contributed by atoms with Crippen LogP contribution >= 0.6 is 22.9 Å². The van der Waals surface area contributed by atoms with Crippen LogP contribution in [0.2, 0.25) is 5.02 Å². The fraction of sp³-hybridized carbons (Fsp3) is 0.0909. The van der Waals surface area contributed by atoms with E-state index in [-0.39, 0.29) is 22.0 Å². The van der Waals surface area contributed by atoms with Crippen LogP contribution in [0.5, 0.6) is 0 Å². The molecule has 104 valence electrons. The average molecular weight is 313 g/mol. The molecule has 0 spiro atoms. The van der Waals surface area contributed by atoms with E-state index >= 15 is 0 Å². The molecule has 0 fully saturated rings. The standard InChI is InChI=1S/C11H9ClN4O3S/c1-5-4-14-11(20-5)15-10(17)7-2-6(16(18)19)3-8(12)9(7)13/h2-4H,13H2,1H3,(H,14,15,17). The molecule has 0 aliphatic heterocycles. The van der Waals surface area contributed by atoms with Gasteiger partial charge in [0.05, 0.1) is 21.2 Å². The van der Waals surface area contributed by atoms with Crippen molar-refractivity contribution >= 4 is 45.4 Å². The van der Waals surface area contributed by atoms with Crippen molar-refractivity contribution in [1.29, 1.82) is 0 Å². The number of nitrogens with zero attached hydrogens (tertiary/aromatic N) is 2. The number of carbonyl (C=O) groups excluding carboxylic acids is 1. The molecule has 9 heteroatoms. The van der Waals surface area contributed by atoms with Crippen molar-refractivity contribution in [2.24, 2.45) is 0 Å². The van der Waals surface area contributed by atoms with Gasteiger partial charge in [0.1, 0.15) is 0 Å². The number of hydrogen-bond acceptors (Lipinski definition) is 6. The van der Waals surface area contributed by atoms with E-state index in [9.17, 15) is 14.9 Å². The average Bonchev–Trinajstić information content (AvgIpc) is 2.77. The normalized spacial score (nSPS) is 10.3. The Morgan fingerprint density at radius 1 is 1.55 bits per heavy atom. The zero-order valence-corrected chi connectivity index (χ0v) is 11.8. The van der Waals surface area contributed by atoms with E-state index in [1.54, 1.807) is 6.20 Å². The Hall–Kier alpha value is -2.19. The van der Waals surface area contributed by atoms with Crippen molar-refractivity contribution < 1.29 is 9.72 Å². The van der Waals surface area contributed by atoms with Gasteiger partial charge in [-0.25, -0.2) is 4.98 Å². The number of nitro benzene ring substituents is 1. The summed E-state index contributed by atoms with van der Waals surface area (Å²) in [6, 6.07) is 2.18. The first-order valence-electron chi connectivity index (χ1n) is 5.35. The number of anilines is 2. The zero-order valence-electron chi connectivity index (χ0n) is 10.2. The largest absolute Gasteiger partial charge is 0.397 e. The summed E-state index contributed by atoms with van der Waals surface area (Å²) in [6.07, 6.45) is 1.60. The van der Waals surface area contributed by atoms with E-state index in [1.165, 1.54) is 11.3 Å². The lowest BCUT2D eigenvalue weighted by Crippen LogP contribution is -2.14. The molecule has 1 aromatic heterocycles. The molecule has 0 aliphatic rings. The Labute approximate surface area is 122 Å². The third kappa shape index (κ3) is 2.86. The number of non-ortho nitro benzene ring substituents is 1. The minimum Gasteiger partial charge on any atom is -0.397 e. The summed E-state index contributed by atoms with van der Waals surface area (Å²) < 4.78 is 0. The highest BCUT2D eigenvalue weighted by Gasteiger charge is 2.19. The molecule has 0 saturated heterocycles. The fourth-order valence-corrected chi connectivity index (χ4v) is 2.35. The first kappa shape index (κ1) is 14.2. The lowest BCUT2D eigenvalue weighted by atomic mass is 10.1. The predicted molar refractivity (Wildman–Crippen MR) is 77.3 cm³/mol. The van der Waals surface area contributed by atoms with Crippen molar-refractivity contribution in [1.82, 2.24) is 4.98 Å². The summed E-state index contributed by atoms with van der Waals surface area (Å²) >= 11 is 7.07. The summed E-state index contributed by atoms with van der Waals surface area (Å²) in [4.78, 5) is 27.1. The summed E-state index contributed by atoms with van der Waals surface area (Å²) in [7, 11) is 0. The monoisotopic (exact) mass is 312 g/mol. The van der Waals surface area contributed by atoms with Gasteiger partial charge in [0.2, 0.25) is 0 Å². The number of carbonyl (C=O) groups is 1. The van der Waals surface area contributed by atoms with Crippen LogP contribution < -0.4 is 11.1 Å². The second kappa shape index (κ2) is 5.43. The molecule has 0 saturated carbocycles. The quantitative estimate of drug-likeness (QED) is 0.514. The summed E-state index contributed by atoms with van der Waals surface area (Å²) in [5, 5.41) is 13.6. The number of benzene rings is 1. The lowest BCUT2D eigenvalue weighted by Gasteiger charge is -2.06. The van der Waals surface area contributed by atoms with Crippen LogP contribution in [0.3, 0.4) is 0 Å². The minimum absolute atomic E-state index is 0.0111. The summed E-state index contributed by atoms with van der Waals surface area (Å²) in [5.41, 5.74) is 5.31. The van der Waals surface area contributed by atoms with Gasteiger partial charge in [0.25, 0.3) is 11.6 Å². The van der Waals surface area contributed by atoms with Gasteiger partial charge in [0, 0.05) is 23.2 Å². The molecule has 1 amide bonds. The highest BCUT2D eigenvalue weighted by atomic mass is 35.5. The molecule has 20 heavy (non-hydrogen) atoms. The van der Waals surface area contributed by atoms with Crippen LogP contribution in [0, 0.1) is 17.0 Å². The van der Waals surface area contributed by atoms with Crippen LogP contribution in [0.15, 0.2) is 18.3 Å². The number of nitrogens with one attached hydrogen (secondary N) is 1. The van der Waals surface area contributed by atoms with Crippen LogP contribution in [0.1, 0.15) is 15.2 Å². The fourth-order valence-electron chi connectivity index (χ4n) is 1.47. The number of amides is 1. The van der Waals surface area contributed by atoms with Gasteiger partial charge < -0.3 is 5.73 Å². The molecule has 2 rings (SSSR count). The maximum Gasteiger partial charge on any atom is 0.271 e. The van der Waals surface area contributed by atoms with E-state index in [4.69, 9.17) is 17.3 Å². The highest BCUT2D eigenvalue weighted by Crippen LogP contribution is 2.29. The van der Waals surface area contributed by atoms with E-state index in [2.05, 4.69) is 10.3 Å². The second-order valence-corrected chi connectivity index (χ2v) is 5.52. The van der Waals surface area contributed by atoms with Crippen molar-refractivity contribution in [3.05, 3.63) is 43.9 Å². The van der Waals surface area contributed by atoms with Gasteiger partial charge in [0.15, 0.2) is 5.13 Å². The third-order valence-electron chi connectivity index (χ3n) is 2.41. The Kier molecular flexibility index (Phi) is 3.86. The number of thiazole rings is 1. The first-order valence-corrected chi connectivity index (χ1v) is 6.55. The van der Waals surface area contributed by atoms with Gasteiger partial charge in [-0.05, 0) is 6.92 Å². The van der Waals surface area contributed by atoms with Crippen molar-refractivity contribution in [2.75, 3.05) is 11.1 Å². The van der Waals surface area contributed by atoms with E-state index < -0.39 is 10.8 Å². The number of nitro groups is 1. The molecular weight excluding hydrogens is 304 g/mol. The number of nitrogens with two attached hydrogens (primary N) is 1. The molecule has 2 aromatic rings. The molecule has 0 unspecified atom stereocenters. The second-order valence-electron chi connectivity index (χ2n) is 3.88. The van der Waals surface area contributed by atoms with Gasteiger partial charge in [-0.2, -0.15) is 0 Å². The van der Waals surface area contributed by atoms with Crippen LogP contribution in [-0.4, -0.2) is 15.8 Å². The Morgan fingerprint density at radius 2 is 2.25 bits per heavy atom. The van der Waals surface area contributed by atoms with Crippen molar-refractivity contribution in [3.8, 4) is 0 Å². The first-order chi connectivity index (χ1) is 9.38. The van der Waals surface area contributed by atoms with E-state index in [1.807, 2.05) is 6.92 Å². The molecule has 0 radical (unpaired) electrons. The van der Waals surface area contributed by atoms with Gasteiger partial charge in [-0.15, -0.1) is 11.3 Å². The number of aromatic nitrogens is 1. The number of aryl methyl sites for hydroxylation is 1. The molecule has 1 aromatic carbocycles. The SMILES string of the molecule is Cc1cnc(NC(=O)c2cc([N+](=O)[O-])cc(Cl)c2N)s1. The minimum atomic E-state index is -0.643. The molecule has 0 aliphatic carbocycles. The topological polar surface area (TPSA) is 111 Å². The Morgan fingerprint density at radius 3 is 2.80 bits per heavy atom. The Bertz CT molecular complexity index is 701.